The fraction of sp³-hybridized carbons (Fsp3) is 1.00. The lowest BCUT2D eigenvalue weighted by Crippen LogP contribution is -2.29. The van der Waals surface area contributed by atoms with Gasteiger partial charge >= 0.3 is 0 Å². The molecule has 0 spiro atoms. The van der Waals surface area contributed by atoms with Crippen molar-refractivity contribution >= 4 is 0 Å². The third-order valence-electron chi connectivity index (χ3n) is 7.60. The lowest BCUT2D eigenvalue weighted by Gasteiger charge is -2.40. The van der Waals surface area contributed by atoms with Crippen molar-refractivity contribution in [3.05, 3.63) is 0 Å². The highest BCUT2D eigenvalue weighted by atomic mass is 14.4. The van der Waals surface area contributed by atoms with E-state index >= 15 is 0 Å². The van der Waals surface area contributed by atoms with E-state index in [0.29, 0.717) is 0 Å². The Balaban J connectivity index is 1.84. The molecule has 0 bridgehead atoms. The smallest absolute Gasteiger partial charge is 0.0386 e. The predicted molar refractivity (Wildman–Crippen MR) is 98.9 cm³/mol. The molecule has 0 N–H and O–H groups in total. The van der Waals surface area contributed by atoms with Gasteiger partial charge in [-0.25, -0.2) is 0 Å². The summed E-state index contributed by atoms with van der Waals surface area (Å²) in [5.41, 5.74) is 0. The zero-order valence-corrected chi connectivity index (χ0v) is 16.3. The molecule has 0 aliphatic heterocycles. The first-order chi connectivity index (χ1) is 10.4. The highest BCUT2D eigenvalue weighted by Gasteiger charge is 2.32. The van der Waals surface area contributed by atoms with Crippen LogP contribution in [0, 0.1) is 47.3 Å². The highest BCUT2D eigenvalue weighted by molar-refractivity contribution is 4.83. The van der Waals surface area contributed by atoms with E-state index in [0.717, 1.165) is 47.3 Å². The summed E-state index contributed by atoms with van der Waals surface area (Å²) in [5, 5.41) is 0. The van der Waals surface area contributed by atoms with E-state index < -0.39 is 0 Å². The Morgan fingerprint density at radius 3 is 1.32 bits per heavy atom. The fourth-order valence-corrected chi connectivity index (χ4v) is 5.35. The Morgan fingerprint density at radius 2 is 1.00 bits per heavy atom. The van der Waals surface area contributed by atoms with E-state index in [4.69, 9.17) is 0 Å². The SMILES string of the molecule is CC(C)C1CCC(C)C(CCC2CC(C(C)C)CCC2C)C1. The molecule has 0 nitrogen and oxygen atoms in total. The minimum atomic E-state index is 0.897. The summed E-state index contributed by atoms with van der Waals surface area (Å²) in [6, 6.07) is 0. The molecule has 0 aromatic heterocycles. The van der Waals surface area contributed by atoms with E-state index in [1.165, 1.54) is 51.4 Å². The van der Waals surface area contributed by atoms with Gasteiger partial charge in [0.15, 0.2) is 0 Å². The van der Waals surface area contributed by atoms with Gasteiger partial charge in [0.2, 0.25) is 0 Å². The Hall–Kier alpha value is 0. The standard InChI is InChI=1S/C22H42/c1-15(2)19-9-7-17(5)21(13-19)11-12-22-14-20(16(3)4)10-8-18(22)6/h15-22H,7-14H2,1-6H3. The first kappa shape index (κ1) is 18.3. The van der Waals surface area contributed by atoms with E-state index in [2.05, 4.69) is 41.5 Å². The van der Waals surface area contributed by atoms with Gasteiger partial charge in [-0.2, -0.15) is 0 Å². The normalized spacial score (nSPS) is 40.4. The van der Waals surface area contributed by atoms with Gasteiger partial charge in [-0.05, 0) is 85.9 Å². The second-order valence-electron chi connectivity index (χ2n) is 9.69. The third kappa shape index (κ3) is 4.75. The summed E-state index contributed by atoms with van der Waals surface area (Å²) in [6.45, 7) is 14.8. The van der Waals surface area contributed by atoms with Crippen LogP contribution >= 0.6 is 0 Å². The van der Waals surface area contributed by atoms with Crippen molar-refractivity contribution in [3.8, 4) is 0 Å². The molecule has 6 atom stereocenters. The number of rotatable bonds is 5. The quantitative estimate of drug-likeness (QED) is 0.504. The molecular weight excluding hydrogens is 264 g/mol. The number of hydrogen-bond donors (Lipinski definition) is 0. The molecular formula is C22H42. The average molecular weight is 307 g/mol. The molecule has 0 radical (unpaired) electrons. The topological polar surface area (TPSA) is 0 Å². The predicted octanol–water partition coefficient (Wildman–Crippen LogP) is 7.18. The molecule has 130 valence electrons. The van der Waals surface area contributed by atoms with Gasteiger partial charge in [-0.1, -0.05) is 54.4 Å². The van der Waals surface area contributed by atoms with Crippen LogP contribution in [-0.2, 0) is 0 Å². The molecule has 0 aromatic carbocycles. The van der Waals surface area contributed by atoms with Gasteiger partial charge in [0.05, 0.1) is 0 Å². The lowest BCUT2D eigenvalue weighted by molar-refractivity contribution is 0.113. The van der Waals surface area contributed by atoms with Crippen molar-refractivity contribution in [2.45, 2.75) is 92.9 Å². The van der Waals surface area contributed by atoms with E-state index in [1.807, 2.05) is 0 Å². The molecule has 6 unspecified atom stereocenters. The molecule has 22 heavy (non-hydrogen) atoms. The van der Waals surface area contributed by atoms with Crippen molar-refractivity contribution < 1.29 is 0 Å². The van der Waals surface area contributed by atoms with E-state index in [1.54, 1.807) is 0 Å². The fourth-order valence-electron chi connectivity index (χ4n) is 5.35. The van der Waals surface area contributed by atoms with Crippen LogP contribution in [0.1, 0.15) is 92.9 Å². The highest BCUT2D eigenvalue weighted by Crippen LogP contribution is 2.43. The minimum Gasteiger partial charge on any atom is -0.0625 e. The largest absolute Gasteiger partial charge is 0.0625 e. The molecule has 2 fully saturated rings. The Bertz CT molecular complexity index is 284. The van der Waals surface area contributed by atoms with Crippen molar-refractivity contribution in [1.29, 1.82) is 0 Å². The molecule has 2 aliphatic carbocycles. The molecule has 2 rings (SSSR count). The maximum absolute atomic E-state index is 2.53. The molecule has 0 heterocycles. The van der Waals surface area contributed by atoms with Crippen LogP contribution in [0.5, 0.6) is 0 Å². The van der Waals surface area contributed by atoms with Gasteiger partial charge in [0.25, 0.3) is 0 Å². The minimum absolute atomic E-state index is 0.897. The van der Waals surface area contributed by atoms with Crippen LogP contribution in [0.15, 0.2) is 0 Å². The van der Waals surface area contributed by atoms with Crippen molar-refractivity contribution in [2.24, 2.45) is 47.3 Å². The van der Waals surface area contributed by atoms with Gasteiger partial charge in [0, 0.05) is 0 Å². The monoisotopic (exact) mass is 306 g/mol. The molecule has 0 saturated heterocycles. The number of hydrogen-bond acceptors (Lipinski definition) is 0. The van der Waals surface area contributed by atoms with Gasteiger partial charge in [-0.15, -0.1) is 0 Å². The summed E-state index contributed by atoms with van der Waals surface area (Å²) in [4.78, 5) is 0. The van der Waals surface area contributed by atoms with Crippen LogP contribution < -0.4 is 0 Å². The van der Waals surface area contributed by atoms with Crippen molar-refractivity contribution in [3.63, 3.8) is 0 Å². The van der Waals surface area contributed by atoms with Gasteiger partial charge in [0.1, 0.15) is 0 Å². The second-order valence-corrected chi connectivity index (χ2v) is 9.69. The first-order valence-electron chi connectivity index (χ1n) is 10.4. The molecule has 2 saturated carbocycles. The van der Waals surface area contributed by atoms with E-state index in [9.17, 15) is 0 Å². The maximum atomic E-state index is 2.53. The third-order valence-corrected chi connectivity index (χ3v) is 7.60. The lowest BCUT2D eigenvalue weighted by atomic mass is 9.66. The first-order valence-corrected chi connectivity index (χ1v) is 10.4. The van der Waals surface area contributed by atoms with E-state index in [-0.39, 0.29) is 0 Å². The Labute approximate surface area is 140 Å². The molecule has 0 heteroatoms. The summed E-state index contributed by atoms with van der Waals surface area (Å²) < 4.78 is 0. The van der Waals surface area contributed by atoms with Crippen LogP contribution in [0.4, 0.5) is 0 Å². The Kier molecular flexibility index (Phi) is 6.84. The van der Waals surface area contributed by atoms with Crippen LogP contribution in [0.25, 0.3) is 0 Å². The van der Waals surface area contributed by atoms with Crippen LogP contribution in [-0.4, -0.2) is 0 Å². The van der Waals surface area contributed by atoms with Gasteiger partial charge in [-0.3, -0.25) is 0 Å². The molecule has 2 aliphatic rings. The average Bonchev–Trinajstić information content (AvgIpc) is 2.47. The summed E-state index contributed by atoms with van der Waals surface area (Å²) in [6.07, 6.45) is 12.0. The summed E-state index contributed by atoms with van der Waals surface area (Å²) in [5.74, 6) is 7.81. The zero-order chi connectivity index (χ0) is 16.3. The summed E-state index contributed by atoms with van der Waals surface area (Å²) >= 11 is 0. The summed E-state index contributed by atoms with van der Waals surface area (Å²) in [7, 11) is 0. The molecule has 0 aromatic rings. The van der Waals surface area contributed by atoms with Gasteiger partial charge < -0.3 is 0 Å². The Morgan fingerprint density at radius 1 is 0.636 bits per heavy atom. The van der Waals surface area contributed by atoms with Crippen molar-refractivity contribution in [1.82, 2.24) is 0 Å². The van der Waals surface area contributed by atoms with Crippen molar-refractivity contribution in [2.75, 3.05) is 0 Å². The maximum Gasteiger partial charge on any atom is -0.0386 e. The molecule has 0 amide bonds. The van der Waals surface area contributed by atoms with Crippen LogP contribution in [0.2, 0.25) is 0 Å². The second kappa shape index (κ2) is 8.20. The van der Waals surface area contributed by atoms with Crippen LogP contribution in [0.3, 0.4) is 0 Å². The zero-order valence-electron chi connectivity index (χ0n) is 16.3.